The fourth-order valence-electron chi connectivity index (χ4n) is 5.08. The molecule has 13 heteroatoms. The molecule has 1 amide bonds. The molecule has 0 unspecified atom stereocenters. The van der Waals surface area contributed by atoms with Crippen molar-refractivity contribution in [3.63, 3.8) is 0 Å². The molecule has 2 aliphatic rings. The van der Waals surface area contributed by atoms with E-state index < -0.39 is 23.5 Å². The number of amides is 1. The van der Waals surface area contributed by atoms with Crippen LogP contribution in [-0.4, -0.2) is 64.8 Å². The molecule has 0 saturated carbocycles. The predicted octanol–water partition coefficient (Wildman–Crippen LogP) is 4.85. The van der Waals surface area contributed by atoms with Gasteiger partial charge in [0.2, 0.25) is 5.91 Å². The molecular formula is C28H24F6N6O. The molecule has 2 aliphatic heterocycles. The van der Waals surface area contributed by atoms with E-state index in [1.54, 1.807) is 12.1 Å². The minimum absolute atomic E-state index is 0.00421. The summed E-state index contributed by atoms with van der Waals surface area (Å²) in [4.78, 5) is 18.5. The van der Waals surface area contributed by atoms with Crippen LogP contribution in [0.1, 0.15) is 27.8 Å². The Kier molecular flexibility index (Phi) is 7.63. The van der Waals surface area contributed by atoms with Crippen molar-refractivity contribution in [1.29, 1.82) is 5.26 Å². The average Bonchev–Trinajstić information content (AvgIpc) is 3.37. The highest BCUT2D eigenvalue weighted by Crippen LogP contribution is 2.35. The fraction of sp³-hybridized carbons (Fsp3) is 0.321. The van der Waals surface area contributed by atoms with Gasteiger partial charge >= 0.3 is 12.4 Å². The average molecular weight is 575 g/mol. The summed E-state index contributed by atoms with van der Waals surface area (Å²) in [6.45, 7) is 1.97. The van der Waals surface area contributed by atoms with Crippen molar-refractivity contribution in [3.05, 3.63) is 88.6 Å². The van der Waals surface area contributed by atoms with Crippen molar-refractivity contribution in [2.24, 2.45) is 0 Å². The third-order valence-corrected chi connectivity index (χ3v) is 7.14. The van der Waals surface area contributed by atoms with Gasteiger partial charge in [-0.3, -0.25) is 19.5 Å². The lowest BCUT2D eigenvalue weighted by Crippen LogP contribution is -2.50. The Morgan fingerprint density at radius 2 is 1.63 bits per heavy atom. The Balaban J connectivity index is 1.27. The van der Waals surface area contributed by atoms with Gasteiger partial charge in [-0.15, -0.1) is 0 Å². The van der Waals surface area contributed by atoms with E-state index >= 15 is 0 Å². The first-order valence-corrected chi connectivity index (χ1v) is 12.7. The van der Waals surface area contributed by atoms with Gasteiger partial charge in [0.1, 0.15) is 11.6 Å². The third kappa shape index (κ3) is 5.98. The van der Waals surface area contributed by atoms with Crippen LogP contribution < -0.4 is 4.90 Å². The molecule has 5 rings (SSSR count). The van der Waals surface area contributed by atoms with Crippen LogP contribution in [0, 0.1) is 11.3 Å². The summed E-state index contributed by atoms with van der Waals surface area (Å²) in [5.74, 6) is -0.159. The Labute approximate surface area is 231 Å². The summed E-state index contributed by atoms with van der Waals surface area (Å²) in [6, 6.07) is 12.2. The first kappa shape index (κ1) is 28.4. The van der Waals surface area contributed by atoms with Crippen molar-refractivity contribution in [2.75, 3.05) is 44.2 Å². The zero-order valence-electron chi connectivity index (χ0n) is 21.6. The van der Waals surface area contributed by atoms with Crippen LogP contribution in [0.4, 0.5) is 32.2 Å². The van der Waals surface area contributed by atoms with Crippen molar-refractivity contribution in [3.8, 4) is 6.07 Å². The lowest BCUT2D eigenvalue weighted by molar-refractivity contribution is -0.139. The van der Waals surface area contributed by atoms with Gasteiger partial charge in [0.05, 0.1) is 29.6 Å². The van der Waals surface area contributed by atoms with Gasteiger partial charge in [0.25, 0.3) is 0 Å². The van der Waals surface area contributed by atoms with E-state index in [1.807, 2.05) is 15.9 Å². The molecule has 1 fully saturated rings. The summed E-state index contributed by atoms with van der Waals surface area (Å²) >= 11 is 0. The number of hydrogen-bond acceptors (Lipinski definition) is 5. The summed E-state index contributed by atoms with van der Waals surface area (Å²) in [6.07, 6.45) is -6.13. The first-order valence-electron chi connectivity index (χ1n) is 12.7. The zero-order chi connectivity index (χ0) is 29.4. The normalized spacial score (nSPS) is 16.7. The van der Waals surface area contributed by atoms with Crippen LogP contribution in [-0.2, 0) is 23.7 Å². The fourth-order valence-corrected chi connectivity index (χ4v) is 5.08. The van der Waals surface area contributed by atoms with Crippen LogP contribution in [0.5, 0.6) is 0 Å². The largest absolute Gasteiger partial charge is 0.416 e. The number of carbonyl (C=O) groups excluding carboxylic acids is 1. The molecule has 1 saturated heterocycles. The highest BCUT2D eigenvalue weighted by atomic mass is 19.4. The number of carbonyl (C=O) groups is 1. The second kappa shape index (κ2) is 11.0. The van der Waals surface area contributed by atoms with Gasteiger partial charge in [-0.1, -0.05) is 30.3 Å². The van der Waals surface area contributed by atoms with Gasteiger partial charge < -0.3 is 0 Å². The van der Waals surface area contributed by atoms with Crippen LogP contribution in [0.2, 0.25) is 0 Å². The standard InChI is InChI=1S/C28H24F6N6O/c29-27(30,31)22-6-3-5-19(14-22)24-8-9-39(26-21(15-35)16-36-40(24)26)25(41)18-38-12-10-37(11-13-38)17-20-4-1-2-7-23(20)28(32,33)34/h1-8,14,16H,9-13,17-18H2. The number of nitriles is 1. The smallest absolute Gasteiger partial charge is 0.297 e. The highest BCUT2D eigenvalue weighted by Gasteiger charge is 2.35. The lowest BCUT2D eigenvalue weighted by Gasteiger charge is -2.36. The number of fused-ring (bicyclic) bond motifs is 1. The molecule has 0 N–H and O–H groups in total. The number of hydrogen-bond donors (Lipinski definition) is 0. The Morgan fingerprint density at radius 1 is 0.927 bits per heavy atom. The molecule has 0 aliphatic carbocycles. The quantitative estimate of drug-likeness (QED) is 0.408. The number of alkyl halides is 6. The van der Waals surface area contributed by atoms with E-state index in [0.29, 0.717) is 31.9 Å². The van der Waals surface area contributed by atoms with Crippen molar-refractivity contribution < 1.29 is 31.1 Å². The zero-order valence-corrected chi connectivity index (χ0v) is 21.6. The summed E-state index contributed by atoms with van der Waals surface area (Å²) in [7, 11) is 0. The van der Waals surface area contributed by atoms with E-state index in [1.165, 1.54) is 40.0 Å². The Morgan fingerprint density at radius 3 is 2.32 bits per heavy atom. The van der Waals surface area contributed by atoms with E-state index in [0.717, 1.165) is 18.2 Å². The van der Waals surface area contributed by atoms with Crippen molar-refractivity contribution in [1.82, 2.24) is 19.6 Å². The Bertz CT molecular complexity index is 1510. The van der Waals surface area contributed by atoms with Gasteiger partial charge in [0.15, 0.2) is 5.82 Å². The molecule has 7 nitrogen and oxygen atoms in total. The van der Waals surface area contributed by atoms with Crippen molar-refractivity contribution >= 4 is 17.4 Å². The third-order valence-electron chi connectivity index (χ3n) is 7.14. The topological polar surface area (TPSA) is 68.4 Å². The van der Waals surface area contributed by atoms with Crippen LogP contribution >= 0.6 is 0 Å². The van der Waals surface area contributed by atoms with Crippen molar-refractivity contribution in [2.45, 2.75) is 18.9 Å². The number of nitrogens with zero attached hydrogens (tertiary/aromatic N) is 6. The lowest BCUT2D eigenvalue weighted by atomic mass is 10.1. The summed E-state index contributed by atoms with van der Waals surface area (Å²) in [5.41, 5.74) is -0.634. The monoisotopic (exact) mass is 574 g/mol. The first-order chi connectivity index (χ1) is 19.5. The molecule has 3 heterocycles. The summed E-state index contributed by atoms with van der Waals surface area (Å²) < 4.78 is 81.2. The number of halogens is 6. The Hall–Kier alpha value is -4.15. The SMILES string of the molecule is N#Cc1cnn2c1N(C(=O)CN1CCN(Cc3ccccc3C(F)(F)F)CC1)CC=C2c1cccc(C(F)(F)F)c1. The number of benzene rings is 2. The summed E-state index contributed by atoms with van der Waals surface area (Å²) in [5, 5.41) is 13.8. The number of aromatic nitrogens is 2. The van der Waals surface area contributed by atoms with Gasteiger partial charge in [0, 0.05) is 44.8 Å². The molecule has 1 aromatic heterocycles. The second-order valence-electron chi connectivity index (χ2n) is 9.78. The van der Waals surface area contributed by atoms with Gasteiger partial charge in [-0.2, -0.15) is 36.7 Å². The minimum atomic E-state index is -4.54. The molecule has 0 spiro atoms. The molecule has 2 aromatic carbocycles. The molecule has 41 heavy (non-hydrogen) atoms. The van der Waals surface area contributed by atoms with E-state index in [-0.39, 0.29) is 48.0 Å². The maximum Gasteiger partial charge on any atom is 0.416 e. The molecule has 0 bridgehead atoms. The molecule has 0 radical (unpaired) electrons. The molecule has 214 valence electrons. The maximum atomic E-state index is 13.4. The number of piperazine rings is 1. The van der Waals surface area contributed by atoms with Gasteiger partial charge in [-0.25, -0.2) is 4.68 Å². The highest BCUT2D eigenvalue weighted by molar-refractivity contribution is 5.97. The van der Waals surface area contributed by atoms with E-state index in [2.05, 4.69) is 5.10 Å². The van der Waals surface area contributed by atoms with Gasteiger partial charge in [-0.05, 0) is 29.8 Å². The second-order valence-corrected chi connectivity index (χ2v) is 9.78. The van der Waals surface area contributed by atoms with Crippen LogP contribution in [0.25, 0.3) is 5.70 Å². The van der Waals surface area contributed by atoms with Crippen LogP contribution in [0.3, 0.4) is 0 Å². The minimum Gasteiger partial charge on any atom is -0.297 e. The van der Waals surface area contributed by atoms with Crippen LogP contribution in [0.15, 0.2) is 60.8 Å². The maximum absolute atomic E-state index is 13.4. The van der Waals surface area contributed by atoms with E-state index in [4.69, 9.17) is 0 Å². The van der Waals surface area contributed by atoms with E-state index in [9.17, 15) is 36.4 Å². The molecule has 0 atom stereocenters. The molecule has 3 aromatic rings. The predicted molar refractivity (Wildman–Crippen MR) is 137 cm³/mol. The number of rotatable bonds is 5. The molecular weight excluding hydrogens is 550 g/mol. The number of anilines is 1.